The van der Waals surface area contributed by atoms with Crippen LogP contribution in [0.1, 0.15) is 44.2 Å². The van der Waals surface area contributed by atoms with E-state index in [0.29, 0.717) is 36.7 Å². The quantitative estimate of drug-likeness (QED) is 0.534. The molecule has 1 aliphatic carbocycles. The molecule has 0 amide bonds. The van der Waals surface area contributed by atoms with E-state index in [4.69, 9.17) is 0 Å². The molecule has 0 spiro atoms. The fourth-order valence-corrected chi connectivity index (χ4v) is 4.86. The molecule has 0 saturated heterocycles. The van der Waals surface area contributed by atoms with Gasteiger partial charge in [-0.15, -0.1) is 0 Å². The number of hydrogen-bond donors (Lipinski definition) is 3. The molecule has 1 aromatic carbocycles. The summed E-state index contributed by atoms with van der Waals surface area (Å²) in [4.78, 5) is 8.99. The molecule has 178 valence electrons. The van der Waals surface area contributed by atoms with Gasteiger partial charge in [-0.2, -0.15) is 10.2 Å². The molecule has 1 aromatic heterocycles. The summed E-state index contributed by atoms with van der Waals surface area (Å²) in [7, 11) is -0.428. The maximum Gasteiger partial charge on any atom is 0.242 e. The molecular weight excluding hydrogens is 440 g/mol. The first-order valence-electron chi connectivity index (χ1n) is 11.0. The summed E-state index contributed by atoms with van der Waals surface area (Å²) in [5, 5.41) is 26.2. The minimum absolute atomic E-state index is 0.121. The summed E-state index contributed by atoms with van der Waals surface area (Å²) in [5.41, 5.74) is 1.16. The van der Waals surface area contributed by atoms with E-state index in [9.17, 15) is 18.8 Å². The van der Waals surface area contributed by atoms with Crippen LogP contribution in [0.4, 0.5) is 11.8 Å². The molecule has 10 heteroatoms. The topological polar surface area (TPSA) is 131 Å². The number of benzene rings is 1. The third-order valence-corrected chi connectivity index (χ3v) is 7.94. The van der Waals surface area contributed by atoms with Gasteiger partial charge in [0, 0.05) is 26.7 Å². The van der Waals surface area contributed by atoms with Crippen molar-refractivity contribution in [2.45, 2.75) is 56.6 Å². The van der Waals surface area contributed by atoms with Crippen LogP contribution in [0.3, 0.4) is 0 Å². The SMILES string of the molecule is CN(C)S(=O)(=O)c1ccc(CCNc2ncc(C#N)c(N[C@@H]3CC[C@H](O)C(C)(C)C3)n2)cc1. The Kier molecular flexibility index (Phi) is 7.57. The van der Waals surface area contributed by atoms with Crippen LogP contribution in [-0.2, 0) is 16.4 Å². The van der Waals surface area contributed by atoms with E-state index in [0.717, 1.165) is 18.4 Å². The fourth-order valence-electron chi connectivity index (χ4n) is 3.96. The summed E-state index contributed by atoms with van der Waals surface area (Å²) in [6.45, 7) is 4.64. The van der Waals surface area contributed by atoms with Crippen molar-refractivity contribution in [1.82, 2.24) is 14.3 Å². The number of aromatic nitrogens is 2. The van der Waals surface area contributed by atoms with Crippen molar-refractivity contribution >= 4 is 21.8 Å². The molecule has 1 fully saturated rings. The Morgan fingerprint density at radius 2 is 1.94 bits per heavy atom. The first-order valence-corrected chi connectivity index (χ1v) is 12.4. The molecule has 3 N–H and O–H groups in total. The van der Waals surface area contributed by atoms with E-state index < -0.39 is 10.0 Å². The van der Waals surface area contributed by atoms with Gasteiger partial charge in [0.2, 0.25) is 16.0 Å². The smallest absolute Gasteiger partial charge is 0.242 e. The van der Waals surface area contributed by atoms with Crippen molar-refractivity contribution in [3.63, 3.8) is 0 Å². The predicted octanol–water partition coefficient (Wildman–Crippen LogP) is 2.60. The molecular formula is C23H32N6O3S. The van der Waals surface area contributed by atoms with Gasteiger partial charge in [-0.3, -0.25) is 0 Å². The average Bonchev–Trinajstić information content (AvgIpc) is 2.76. The van der Waals surface area contributed by atoms with Crippen molar-refractivity contribution in [3.05, 3.63) is 41.6 Å². The van der Waals surface area contributed by atoms with Crippen LogP contribution in [0.25, 0.3) is 0 Å². The van der Waals surface area contributed by atoms with Crippen molar-refractivity contribution in [1.29, 1.82) is 5.26 Å². The molecule has 2 aromatic rings. The number of aliphatic hydroxyl groups excluding tert-OH is 1. The number of anilines is 2. The maximum atomic E-state index is 12.2. The van der Waals surface area contributed by atoms with Gasteiger partial charge in [0.25, 0.3) is 0 Å². The molecule has 3 rings (SSSR count). The lowest BCUT2D eigenvalue weighted by Crippen LogP contribution is -2.41. The molecule has 0 radical (unpaired) electrons. The lowest BCUT2D eigenvalue weighted by molar-refractivity contribution is 0.00926. The summed E-state index contributed by atoms with van der Waals surface area (Å²) in [5.74, 6) is 0.906. The first-order chi connectivity index (χ1) is 15.5. The van der Waals surface area contributed by atoms with Crippen LogP contribution in [0.5, 0.6) is 0 Å². The number of hydrogen-bond acceptors (Lipinski definition) is 8. The van der Waals surface area contributed by atoms with Crippen LogP contribution in [0, 0.1) is 16.7 Å². The zero-order valence-corrected chi connectivity index (χ0v) is 20.4. The number of nitrogens with zero attached hydrogens (tertiary/aromatic N) is 4. The van der Waals surface area contributed by atoms with Crippen molar-refractivity contribution in [2.75, 3.05) is 31.3 Å². The van der Waals surface area contributed by atoms with Crippen LogP contribution in [-0.4, -0.2) is 60.6 Å². The number of sulfonamides is 1. The van der Waals surface area contributed by atoms with Gasteiger partial charge < -0.3 is 15.7 Å². The molecule has 1 saturated carbocycles. The van der Waals surface area contributed by atoms with Gasteiger partial charge >= 0.3 is 0 Å². The second-order valence-electron chi connectivity index (χ2n) is 9.30. The third kappa shape index (κ3) is 5.99. The van der Waals surface area contributed by atoms with Gasteiger partial charge in [-0.1, -0.05) is 26.0 Å². The Hall–Kier alpha value is -2.74. The summed E-state index contributed by atoms with van der Waals surface area (Å²) in [6.07, 6.45) is 4.13. The van der Waals surface area contributed by atoms with Crippen LogP contribution >= 0.6 is 0 Å². The Balaban J connectivity index is 1.61. The van der Waals surface area contributed by atoms with Gasteiger partial charge in [-0.25, -0.2) is 17.7 Å². The molecule has 33 heavy (non-hydrogen) atoms. The first kappa shape index (κ1) is 24.9. The second kappa shape index (κ2) is 10.0. The van der Waals surface area contributed by atoms with Crippen LogP contribution < -0.4 is 10.6 Å². The highest BCUT2D eigenvalue weighted by atomic mass is 32.2. The number of nitriles is 1. The Morgan fingerprint density at radius 1 is 1.24 bits per heavy atom. The zero-order valence-electron chi connectivity index (χ0n) is 19.5. The predicted molar refractivity (Wildman–Crippen MR) is 127 cm³/mol. The Labute approximate surface area is 195 Å². The lowest BCUT2D eigenvalue weighted by atomic mass is 9.73. The standard InChI is InChI=1S/C23H32N6O3S/c1-23(2)13-18(7-10-20(23)30)27-21-17(14-24)15-26-22(28-21)25-12-11-16-5-8-19(9-6-16)33(31,32)29(3)4/h5-6,8-9,15,18,20,30H,7,10-13H2,1-4H3,(H2,25,26,27,28)/t18-,20+/m1/s1. The zero-order chi connectivity index (χ0) is 24.2. The molecule has 0 aliphatic heterocycles. The van der Waals surface area contributed by atoms with Crippen molar-refractivity contribution in [2.24, 2.45) is 5.41 Å². The van der Waals surface area contributed by atoms with Crippen molar-refractivity contribution in [3.8, 4) is 6.07 Å². The monoisotopic (exact) mass is 472 g/mol. The van der Waals surface area contributed by atoms with E-state index in [1.165, 1.54) is 24.6 Å². The highest BCUT2D eigenvalue weighted by Gasteiger charge is 2.35. The largest absolute Gasteiger partial charge is 0.393 e. The van der Waals surface area contributed by atoms with E-state index >= 15 is 0 Å². The van der Waals surface area contributed by atoms with Gasteiger partial charge in [0.1, 0.15) is 17.5 Å². The molecule has 2 atom stereocenters. The van der Waals surface area contributed by atoms with Gasteiger partial charge in [-0.05, 0) is 48.8 Å². The highest BCUT2D eigenvalue weighted by molar-refractivity contribution is 7.89. The lowest BCUT2D eigenvalue weighted by Gasteiger charge is -2.40. The average molecular weight is 473 g/mol. The molecule has 1 heterocycles. The normalized spacial score (nSPS) is 20.3. The number of rotatable bonds is 8. The van der Waals surface area contributed by atoms with E-state index in [1.54, 1.807) is 24.3 Å². The summed E-state index contributed by atoms with van der Waals surface area (Å²) >= 11 is 0. The van der Waals surface area contributed by atoms with E-state index in [1.807, 2.05) is 13.8 Å². The summed E-state index contributed by atoms with van der Waals surface area (Å²) < 4.78 is 25.5. The Bertz CT molecular complexity index is 1110. The highest BCUT2D eigenvalue weighted by Crippen LogP contribution is 2.36. The number of nitrogens with one attached hydrogen (secondary N) is 2. The van der Waals surface area contributed by atoms with E-state index in [2.05, 4.69) is 26.7 Å². The third-order valence-electron chi connectivity index (χ3n) is 6.11. The maximum absolute atomic E-state index is 12.2. The summed E-state index contributed by atoms with van der Waals surface area (Å²) in [6, 6.07) is 9.05. The molecule has 0 unspecified atom stereocenters. The van der Waals surface area contributed by atoms with Crippen molar-refractivity contribution < 1.29 is 13.5 Å². The Morgan fingerprint density at radius 3 is 2.55 bits per heavy atom. The second-order valence-corrected chi connectivity index (χ2v) is 11.5. The fraction of sp³-hybridized carbons (Fsp3) is 0.522. The molecule has 9 nitrogen and oxygen atoms in total. The molecule has 0 bridgehead atoms. The van der Waals surface area contributed by atoms with Crippen LogP contribution in [0.2, 0.25) is 0 Å². The van der Waals surface area contributed by atoms with E-state index in [-0.39, 0.29) is 22.5 Å². The number of aliphatic hydroxyl groups is 1. The van der Waals surface area contributed by atoms with Crippen LogP contribution in [0.15, 0.2) is 35.4 Å². The van der Waals surface area contributed by atoms with Gasteiger partial charge in [0.15, 0.2) is 0 Å². The minimum Gasteiger partial charge on any atom is -0.393 e. The molecule has 1 aliphatic rings. The van der Waals surface area contributed by atoms with Gasteiger partial charge in [0.05, 0.1) is 17.2 Å². The minimum atomic E-state index is -3.44.